The highest BCUT2D eigenvalue weighted by Crippen LogP contribution is 2.36. The van der Waals surface area contributed by atoms with Crippen molar-refractivity contribution in [2.24, 2.45) is 5.92 Å². The molecule has 1 aromatic rings. The predicted molar refractivity (Wildman–Crippen MR) is 80.8 cm³/mol. The maximum atomic E-state index is 6.39. The number of anilines is 1. The fourth-order valence-electron chi connectivity index (χ4n) is 2.15. The lowest BCUT2D eigenvalue weighted by Crippen LogP contribution is -2.28. The highest BCUT2D eigenvalue weighted by atomic mass is 35.5. The predicted octanol–water partition coefficient (Wildman–Crippen LogP) is 5.09. The monoisotopic (exact) mass is 285 g/mol. The summed E-state index contributed by atoms with van der Waals surface area (Å²) in [6.07, 6.45) is 3.81. The van der Waals surface area contributed by atoms with Gasteiger partial charge in [0.2, 0.25) is 0 Å². The minimum Gasteiger partial charge on any atom is -0.367 e. The third-order valence-corrected chi connectivity index (χ3v) is 4.02. The molecule has 0 atom stereocenters. The van der Waals surface area contributed by atoms with Gasteiger partial charge < -0.3 is 4.90 Å². The van der Waals surface area contributed by atoms with Crippen LogP contribution in [0, 0.1) is 5.92 Å². The van der Waals surface area contributed by atoms with Gasteiger partial charge in [0.1, 0.15) is 0 Å². The smallest absolute Gasteiger partial charge is 0.0642 e. The molecule has 1 aliphatic rings. The van der Waals surface area contributed by atoms with Gasteiger partial charge in [-0.25, -0.2) is 0 Å². The molecule has 0 bridgehead atoms. The second-order valence-corrected chi connectivity index (χ2v) is 6.20. The molecule has 0 aliphatic heterocycles. The molecule has 0 spiro atoms. The van der Waals surface area contributed by atoms with Crippen molar-refractivity contribution in [3.8, 4) is 0 Å². The molecule has 0 N–H and O–H groups in total. The van der Waals surface area contributed by atoms with Gasteiger partial charge in [0.15, 0.2) is 0 Å². The topological polar surface area (TPSA) is 3.24 Å². The first-order valence-corrected chi connectivity index (χ1v) is 7.64. The molecule has 1 saturated carbocycles. The first-order chi connectivity index (χ1) is 8.61. The van der Waals surface area contributed by atoms with E-state index in [1.807, 2.05) is 6.07 Å². The van der Waals surface area contributed by atoms with Gasteiger partial charge in [0.05, 0.1) is 10.7 Å². The Morgan fingerprint density at radius 1 is 1.33 bits per heavy atom. The fraction of sp³-hybridized carbons (Fsp3) is 0.600. The summed E-state index contributed by atoms with van der Waals surface area (Å²) in [5.74, 6) is 1.25. The molecule has 0 unspecified atom stereocenters. The molecule has 0 saturated heterocycles. The van der Waals surface area contributed by atoms with Gasteiger partial charge >= 0.3 is 0 Å². The first-order valence-electron chi connectivity index (χ1n) is 6.73. The van der Waals surface area contributed by atoms with Crippen LogP contribution < -0.4 is 4.90 Å². The third-order valence-electron chi connectivity index (χ3n) is 3.41. The van der Waals surface area contributed by atoms with E-state index >= 15 is 0 Å². The Kier molecular flexibility index (Phi) is 4.80. The van der Waals surface area contributed by atoms with Crippen molar-refractivity contribution in [1.29, 1.82) is 0 Å². The van der Waals surface area contributed by atoms with Crippen molar-refractivity contribution in [3.63, 3.8) is 0 Å². The van der Waals surface area contributed by atoms with Crippen LogP contribution in [0.3, 0.4) is 0 Å². The third kappa shape index (κ3) is 3.55. The van der Waals surface area contributed by atoms with Crippen LogP contribution in [0.1, 0.15) is 38.7 Å². The van der Waals surface area contributed by atoms with Crippen molar-refractivity contribution < 1.29 is 0 Å². The fourth-order valence-corrected chi connectivity index (χ4v) is 2.63. The molecule has 100 valence electrons. The van der Waals surface area contributed by atoms with Crippen molar-refractivity contribution >= 4 is 28.9 Å². The van der Waals surface area contributed by atoms with E-state index in [-0.39, 0.29) is 0 Å². The minimum absolute atomic E-state index is 0.523. The number of benzene rings is 1. The highest BCUT2D eigenvalue weighted by Gasteiger charge is 2.30. The van der Waals surface area contributed by atoms with E-state index in [9.17, 15) is 0 Å². The summed E-state index contributed by atoms with van der Waals surface area (Å²) in [4.78, 5) is 2.47. The summed E-state index contributed by atoms with van der Waals surface area (Å²) >= 11 is 12.2. The summed E-state index contributed by atoms with van der Waals surface area (Å²) in [5, 5.41) is 0.837. The Morgan fingerprint density at radius 2 is 2.06 bits per heavy atom. The zero-order valence-electron chi connectivity index (χ0n) is 11.1. The minimum atomic E-state index is 0.523. The maximum absolute atomic E-state index is 6.39. The molecule has 0 heterocycles. The largest absolute Gasteiger partial charge is 0.367 e. The second kappa shape index (κ2) is 6.16. The maximum Gasteiger partial charge on any atom is 0.0642 e. The van der Waals surface area contributed by atoms with Crippen LogP contribution >= 0.6 is 23.2 Å². The van der Waals surface area contributed by atoms with E-state index in [0.717, 1.165) is 23.0 Å². The van der Waals surface area contributed by atoms with Crippen LogP contribution in [0.15, 0.2) is 18.2 Å². The van der Waals surface area contributed by atoms with E-state index in [2.05, 4.69) is 30.9 Å². The Labute approximate surface area is 120 Å². The van der Waals surface area contributed by atoms with Crippen molar-refractivity contribution in [2.45, 2.75) is 45.0 Å². The number of nitrogens with zero attached hydrogens (tertiary/aromatic N) is 1. The lowest BCUT2D eigenvalue weighted by atomic mass is 10.1. The van der Waals surface area contributed by atoms with Crippen LogP contribution in [-0.2, 0) is 5.88 Å². The SMILES string of the molecule is CC(C)CCN(c1ccc(CCl)cc1Cl)C1CC1. The Morgan fingerprint density at radius 3 is 2.56 bits per heavy atom. The molecule has 3 heteroatoms. The summed E-state index contributed by atoms with van der Waals surface area (Å²) in [6, 6.07) is 6.90. The lowest BCUT2D eigenvalue weighted by molar-refractivity contribution is 0.571. The van der Waals surface area contributed by atoms with E-state index in [1.54, 1.807) is 0 Å². The Balaban J connectivity index is 2.14. The van der Waals surface area contributed by atoms with Crippen LogP contribution in [0.5, 0.6) is 0 Å². The molecule has 0 radical (unpaired) electrons. The molecule has 1 aromatic carbocycles. The van der Waals surface area contributed by atoms with Crippen LogP contribution in [0.25, 0.3) is 0 Å². The molecule has 1 aliphatic carbocycles. The molecule has 2 rings (SSSR count). The molecule has 1 nitrogen and oxygen atoms in total. The molecule has 0 aromatic heterocycles. The average molecular weight is 286 g/mol. The zero-order chi connectivity index (χ0) is 13.1. The van der Waals surface area contributed by atoms with E-state index in [4.69, 9.17) is 23.2 Å². The lowest BCUT2D eigenvalue weighted by Gasteiger charge is -2.26. The molecule has 0 amide bonds. The van der Waals surface area contributed by atoms with Crippen LogP contribution in [0.4, 0.5) is 5.69 Å². The second-order valence-electron chi connectivity index (χ2n) is 5.53. The normalized spacial score (nSPS) is 15.2. The molecular weight excluding hydrogens is 265 g/mol. The summed E-state index contributed by atoms with van der Waals surface area (Å²) in [7, 11) is 0. The average Bonchev–Trinajstić information content (AvgIpc) is 3.15. The number of halogens is 2. The van der Waals surface area contributed by atoms with Gasteiger partial charge in [0, 0.05) is 18.5 Å². The van der Waals surface area contributed by atoms with Crippen molar-refractivity contribution in [1.82, 2.24) is 0 Å². The Bertz CT molecular complexity index is 399. The number of alkyl halides is 1. The Hall–Kier alpha value is -0.400. The zero-order valence-corrected chi connectivity index (χ0v) is 12.6. The van der Waals surface area contributed by atoms with Gasteiger partial charge in [-0.2, -0.15) is 0 Å². The molecular formula is C15H21Cl2N. The standard InChI is InChI=1S/C15H21Cl2N/c1-11(2)7-8-18(13-4-5-13)15-6-3-12(10-16)9-14(15)17/h3,6,9,11,13H,4-5,7-8,10H2,1-2H3. The van der Waals surface area contributed by atoms with Gasteiger partial charge in [-0.15, -0.1) is 11.6 Å². The van der Waals surface area contributed by atoms with Gasteiger partial charge in [-0.1, -0.05) is 31.5 Å². The van der Waals surface area contributed by atoms with E-state index < -0.39 is 0 Å². The van der Waals surface area contributed by atoms with Crippen molar-refractivity contribution in [2.75, 3.05) is 11.4 Å². The summed E-state index contributed by atoms with van der Waals surface area (Å²) < 4.78 is 0. The number of rotatable bonds is 6. The number of hydrogen-bond acceptors (Lipinski definition) is 1. The van der Waals surface area contributed by atoms with Gasteiger partial charge in [-0.05, 0) is 42.9 Å². The van der Waals surface area contributed by atoms with Crippen molar-refractivity contribution in [3.05, 3.63) is 28.8 Å². The summed E-state index contributed by atoms with van der Waals surface area (Å²) in [5.41, 5.74) is 2.26. The van der Waals surface area contributed by atoms with E-state index in [0.29, 0.717) is 11.9 Å². The van der Waals surface area contributed by atoms with Crippen LogP contribution in [-0.4, -0.2) is 12.6 Å². The van der Waals surface area contributed by atoms with Gasteiger partial charge in [-0.3, -0.25) is 0 Å². The van der Waals surface area contributed by atoms with Crippen LogP contribution in [0.2, 0.25) is 5.02 Å². The first kappa shape index (κ1) is 14.0. The highest BCUT2D eigenvalue weighted by molar-refractivity contribution is 6.33. The molecule has 18 heavy (non-hydrogen) atoms. The van der Waals surface area contributed by atoms with E-state index in [1.165, 1.54) is 24.9 Å². The summed E-state index contributed by atoms with van der Waals surface area (Å²) in [6.45, 7) is 5.63. The number of hydrogen-bond donors (Lipinski definition) is 0. The molecule has 1 fully saturated rings. The quantitative estimate of drug-likeness (QED) is 0.658. The van der Waals surface area contributed by atoms with Gasteiger partial charge in [0.25, 0.3) is 0 Å².